The van der Waals surface area contributed by atoms with Crippen LogP contribution < -0.4 is 4.74 Å². The molecule has 2 aliphatic heterocycles. The predicted octanol–water partition coefficient (Wildman–Crippen LogP) is 5.19. The number of amides is 1. The average Bonchev–Trinajstić information content (AvgIpc) is 3.09. The van der Waals surface area contributed by atoms with Crippen LogP contribution in [-0.4, -0.2) is 39.1 Å². The van der Waals surface area contributed by atoms with Crippen LogP contribution in [0.15, 0.2) is 24.3 Å². The quantitative estimate of drug-likeness (QED) is 0.595. The summed E-state index contributed by atoms with van der Waals surface area (Å²) in [6.07, 6.45) is 0.794. The highest BCUT2D eigenvalue weighted by Gasteiger charge is 2.45. The molecule has 4 atom stereocenters. The Morgan fingerprint density at radius 2 is 1.93 bits per heavy atom. The molecule has 2 aliphatic rings. The molecule has 1 fully saturated rings. The molecule has 162 valence electrons. The Hall–Kier alpha value is -1.37. The lowest BCUT2D eigenvalue weighted by Gasteiger charge is -2.37. The summed E-state index contributed by atoms with van der Waals surface area (Å²) in [6, 6.07) is 7.93. The number of carbonyl (C=O) groups excluding carboxylic acids is 1. The van der Waals surface area contributed by atoms with Gasteiger partial charge in [-0.05, 0) is 36.5 Å². The van der Waals surface area contributed by atoms with Crippen LogP contribution in [0.4, 0.5) is 0 Å². The van der Waals surface area contributed by atoms with Crippen molar-refractivity contribution in [2.75, 3.05) is 19.8 Å². The van der Waals surface area contributed by atoms with Gasteiger partial charge in [0.1, 0.15) is 5.75 Å². The Labute approximate surface area is 176 Å². The van der Waals surface area contributed by atoms with Gasteiger partial charge in [0.05, 0.1) is 19.3 Å². The Bertz CT molecular complexity index is 730. The number of para-hydroxylation sites is 1. The van der Waals surface area contributed by atoms with Gasteiger partial charge < -0.3 is 9.16 Å². The molecule has 3 rings (SSSR count). The number of carbonyl (C=O) groups is 1. The fourth-order valence-corrected chi connectivity index (χ4v) is 5.00. The van der Waals surface area contributed by atoms with Crippen molar-refractivity contribution in [1.82, 2.24) is 5.06 Å². The van der Waals surface area contributed by atoms with E-state index in [1.54, 1.807) is 5.06 Å². The van der Waals surface area contributed by atoms with Crippen molar-refractivity contribution in [3.05, 3.63) is 29.8 Å². The summed E-state index contributed by atoms with van der Waals surface area (Å²) in [5.74, 6) is 1.33. The molecular weight excluding hydrogens is 382 g/mol. The summed E-state index contributed by atoms with van der Waals surface area (Å²) in [4.78, 5) is 19.1. The van der Waals surface area contributed by atoms with Crippen molar-refractivity contribution in [3.8, 4) is 5.75 Å². The summed E-state index contributed by atoms with van der Waals surface area (Å²) in [7, 11) is -1.77. The van der Waals surface area contributed by atoms with E-state index in [4.69, 9.17) is 14.0 Å². The zero-order chi connectivity index (χ0) is 21.4. The average molecular weight is 420 g/mol. The van der Waals surface area contributed by atoms with Crippen LogP contribution in [0.3, 0.4) is 0 Å². The van der Waals surface area contributed by atoms with E-state index in [0.717, 1.165) is 17.7 Å². The number of nitrogens with zero attached hydrogens (tertiary/aromatic N) is 1. The van der Waals surface area contributed by atoms with Crippen LogP contribution in [-0.2, 0) is 14.1 Å². The fourth-order valence-electron chi connectivity index (χ4n) is 3.87. The summed E-state index contributed by atoms with van der Waals surface area (Å²) in [5, 5.41) is 1.82. The maximum Gasteiger partial charge on any atom is 0.249 e. The molecule has 0 radical (unpaired) electrons. The van der Waals surface area contributed by atoms with Gasteiger partial charge in [0.15, 0.2) is 8.32 Å². The Kier molecular flexibility index (Phi) is 6.46. The minimum absolute atomic E-state index is 0.0475. The maximum atomic E-state index is 13.2. The highest BCUT2D eigenvalue weighted by Crippen LogP contribution is 2.44. The van der Waals surface area contributed by atoms with Crippen molar-refractivity contribution in [2.45, 2.75) is 65.2 Å². The van der Waals surface area contributed by atoms with Crippen molar-refractivity contribution in [3.63, 3.8) is 0 Å². The SMILES string of the molecule is C[C@H](CO[Si](C)(C)C(C)(C)C)C[C@@H](C)C(=O)N1OC[C@H]2COc3ccccc3[C@H]21. The molecule has 5 nitrogen and oxygen atoms in total. The van der Waals surface area contributed by atoms with E-state index in [0.29, 0.717) is 25.7 Å². The van der Waals surface area contributed by atoms with Gasteiger partial charge in [-0.15, -0.1) is 0 Å². The normalized spacial score (nSPS) is 23.8. The lowest BCUT2D eigenvalue weighted by molar-refractivity contribution is -0.182. The Morgan fingerprint density at radius 1 is 1.24 bits per heavy atom. The molecule has 29 heavy (non-hydrogen) atoms. The molecule has 0 spiro atoms. The van der Waals surface area contributed by atoms with Gasteiger partial charge in [0, 0.05) is 24.0 Å². The van der Waals surface area contributed by atoms with Crippen LogP contribution in [0.1, 0.15) is 52.6 Å². The summed E-state index contributed by atoms with van der Waals surface area (Å²) >= 11 is 0. The zero-order valence-electron chi connectivity index (χ0n) is 19.0. The van der Waals surface area contributed by atoms with Crippen LogP contribution >= 0.6 is 0 Å². The van der Waals surface area contributed by atoms with E-state index in [9.17, 15) is 4.79 Å². The summed E-state index contributed by atoms with van der Waals surface area (Å²) in [6.45, 7) is 17.3. The van der Waals surface area contributed by atoms with E-state index in [1.165, 1.54) is 0 Å². The number of hydrogen-bond acceptors (Lipinski definition) is 4. The summed E-state index contributed by atoms with van der Waals surface area (Å²) < 4.78 is 12.2. The van der Waals surface area contributed by atoms with Crippen LogP contribution in [0.5, 0.6) is 5.75 Å². The second-order valence-electron chi connectivity index (χ2n) is 10.3. The molecule has 1 aromatic rings. The van der Waals surface area contributed by atoms with Crippen LogP contribution in [0.2, 0.25) is 18.1 Å². The first-order valence-electron chi connectivity index (χ1n) is 10.8. The van der Waals surface area contributed by atoms with Crippen LogP contribution in [0.25, 0.3) is 0 Å². The highest BCUT2D eigenvalue weighted by molar-refractivity contribution is 6.74. The smallest absolute Gasteiger partial charge is 0.249 e. The molecule has 1 aromatic carbocycles. The third-order valence-corrected chi connectivity index (χ3v) is 11.2. The van der Waals surface area contributed by atoms with Gasteiger partial charge in [-0.25, -0.2) is 5.06 Å². The number of ether oxygens (including phenoxy) is 1. The van der Waals surface area contributed by atoms with Gasteiger partial charge in [-0.1, -0.05) is 52.8 Å². The second-order valence-corrected chi connectivity index (χ2v) is 15.1. The number of fused-ring (bicyclic) bond motifs is 3. The van der Waals surface area contributed by atoms with Crippen LogP contribution in [0, 0.1) is 17.8 Å². The maximum absolute atomic E-state index is 13.2. The molecule has 2 heterocycles. The molecule has 0 aliphatic carbocycles. The van der Waals surface area contributed by atoms with E-state index < -0.39 is 8.32 Å². The number of rotatable bonds is 6. The van der Waals surface area contributed by atoms with E-state index in [-0.39, 0.29) is 28.8 Å². The molecule has 0 saturated carbocycles. The molecule has 0 N–H and O–H groups in total. The van der Waals surface area contributed by atoms with Gasteiger partial charge in [0.25, 0.3) is 0 Å². The molecule has 0 aromatic heterocycles. The molecule has 1 saturated heterocycles. The monoisotopic (exact) mass is 419 g/mol. The van der Waals surface area contributed by atoms with E-state index in [1.807, 2.05) is 31.2 Å². The highest BCUT2D eigenvalue weighted by atomic mass is 28.4. The second kappa shape index (κ2) is 8.40. The molecule has 1 amide bonds. The van der Waals surface area contributed by atoms with Gasteiger partial charge in [-0.2, -0.15) is 0 Å². The predicted molar refractivity (Wildman–Crippen MR) is 117 cm³/mol. The number of benzene rings is 1. The van der Waals surface area contributed by atoms with Crippen molar-refractivity contribution in [2.24, 2.45) is 17.8 Å². The molecule has 0 bridgehead atoms. The van der Waals surface area contributed by atoms with Crippen molar-refractivity contribution in [1.29, 1.82) is 0 Å². The Morgan fingerprint density at radius 3 is 2.62 bits per heavy atom. The topological polar surface area (TPSA) is 48.0 Å². The lowest BCUT2D eigenvalue weighted by atomic mass is 9.90. The minimum Gasteiger partial charge on any atom is -0.493 e. The van der Waals surface area contributed by atoms with Gasteiger partial charge in [0.2, 0.25) is 5.91 Å². The third kappa shape index (κ3) is 4.70. The molecule has 0 unspecified atom stereocenters. The molecule has 6 heteroatoms. The zero-order valence-corrected chi connectivity index (χ0v) is 20.0. The Balaban J connectivity index is 1.61. The first-order chi connectivity index (χ1) is 13.5. The van der Waals surface area contributed by atoms with E-state index in [2.05, 4.69) is 40.8 Å². The van der Waals surface area contributed by atoms with Crippen molar-refractivity contribution < 1.29 is 18.8 Å². The number of hydroxylamine groups is 2. The van der Waals surface area contributed by atoms with Crippen molar-refractivity contribution >= 4 is 14.2 Å². The van der Waals surface area contributed by atoms with Gasteiger partial charge in [-0.3, -0.25) is 9.63 Å². The fraction of sp³-hybridized carbons (Fsp3) is 0.696. The lowest BCUT2D eigenvalue weighted by Crippen LogP contribution is -2.42. The largest absolute Gasteiger partial charge is 0.493 e. The molecular formula is C23H37NO4Si. The standard InChI is InChI=1S/C23H37NO4Si/c1-16(13-28-29(6,7)23(3,4)5)12-17(2)22(25)24-21-18(15-27-24)14-26-20-11-9-8-10-19(20)21/h8-11,16-18,21H,12-15H2,1-7H3/t16-,17+,18+,21-/m0/s1. The third-order valence-electron chi connectivity index (χ3n) is 6.75. The minimum atomic E-state index is -1.77. The number of hydrogen-bond donors (Lipinski definition) is 0. The summed E-state index contributed by atoms with van der Waals surface area (Å²) in [5.41, 5.74) is 1.05. The first-order valence-corrected chi connectivity index (χ1v) is 13.7. The van der Waals surface area contributed by atoms with Gasteiger partial charge >= 0.3 is 0 Å². The van der Waals surface area contributed by atoms with E-state index >= 15 is 0 Å². The first kappa shape index (κ1) is 22.3.